The molecule has 1 aromatic heterocycles. The molecule has 0 aliphatic heterocycles. The molecule has 1 amide bonds. The highest BCUT2D eigenvalue weighted by Crippen LogP contribution is 2.20. The fraction of sp³-hybridized carbons (Fsp3) is 0.375. The number of aliphatic hydroxyl groups is 1. The summed E-state index contributed by atoms with van der Waals surface area (Å²) in [4.78, 5) is 16.1. The second kappa shape index (κ2) is 6.10. The number of amides is 1. The van der Waals surface area contributed by atoms with Crippen LogP contribution < -0.4 is 5.32 Å². The molecule has 0 bridgehead atoms. The van der Waals surface area contributed by atoms with Crippen molar-refractivity contribution >= 4 is 5.91 Å². The summed E-state index contributed by atoms with van der Waals surface area (Å²) in [5.74, 6) is 0.523. The molecule has 1 fully saturated rings. The molecular weight excluding hydrogens is 268 g/mol. The van der Waals surface area contributed by atoms with Crippen molar-refractivity contribution in [3.05, 3.63) is 42.4 Å². The van der Waals surface area contributed by atoms with Gasteiger partial charge in [0, 0.05) is 11.1 Å². The molecule has 0 saturated heterocycles. The van der Waals surface area contributed by atoms with Gasteiger partial charge in [0.15, 0.2) is 12.2 Å². The van der Waals surface area contributed by atoms with Crippen molar-refractivity contribution < 1.29 is 14.3 Å². The summed E-state index contributed by atoms with van der Waals surface area (Å²) in [5, 5.41) is 12.8. The first-order valence-corrected chi connectivity index (χ1v) is 7.22. The number of aliphatic hydroxyl groups excluding tert-OH is 1. The van der Waals surface area contributed by atoms with Gasteiger partial charge in [-0.3, -0.25) is 4.79 Å². The Hall–Kier alpha value is -2.14. The Labute approximate surface area is 123 Å². The van der Waals surface area contributed by atoms with E-state index in [1.165, 1.54) is 6.39 Å². The largest absolute Gasteiger partial charge is 0.444 e. The second-order valence-electron chi connectivity index (χ2n) is 5.37. The van der Waals surface area contributed by atoms with Crippen molar-refractivity contribution in [3.63, 3.8) is 0 Å². The third-order valence-electron chi connectivity index (χ3n) is 3.91. The molecule has 2 unspecified atom stereocenters. The number of aromatic nitrogens is 1. The van der Waals surface area contributed by atoms with Gasteiger partial charge in [-0.15, -0.1) is 0 Å². The smallest absolute Gasteiger partial charge is 0.251 e. The summed E-state index contributed by atoms with van der Waals surface area (Å²) in [7, 11) is 0. The Kier molecular flexibility index (Phi) is 4.01. The molecule has 5 heteroatoms. The monoisotopic (exact) mass is 286 g/mol. The highest BCUT2D eigenvalue weighted by Gasteiger charge is 2.24. The molecule has 1 heterocycles. The molecule has 2 atom stereocenters. The standard InChI is InChI=1S/C16H18N2O3/c19-14-4-2-1-3-13(14)18-16(20)12-7-5-11(6-8-12)15-9-17-10-21-15/h5-10,13-14,19H,1-4H2,(H,18,20). The fourth-order valence-corrected chi connectivity index (χ4v) is 2.68. The molecule has 1 aliphatic carbocycles. The number of benzene rings is 1. The molecule has 2 aromatic rings. The van der Waals surface area contributed by atoms with Gasteiger partial charge in [0.1, 0.15) is 0 Å². The molecule has 3 rings (SSSR count). The molecular formula is C16H18N2O3. The highest BCUT2D eigenvalue weighted by molar-refractivity contribution is 5.94. The van der Waals surface area contributed by atoms with Crippen LogP contribution in [0.3, 0.4) is 0 Å². The molecule has 1 aromatic carbocycles. The minimum atomic E-state index is -0.434. The van der Waals surface area contributed by atoms with E-state index in [0.29, 0.717) is 11.3 Å². The lowest BCUT2D eigenvalue weighted by atomic mass is 9.92. The maximum Gasteiger partial charge on any atom is 0.251 e. The summed E-state index contributed by atoms with van der Waals surface area (Å²) in [6, 6.07) is 7.02. The van der Waals surface area contributed by atoms with E-state index >= 15 is 0 Å². The van der Waals surface area contributed by atoms with Crippen LogP contribution in [-0.2, 0) is 0 Å². The van der Waals surface area contributed by atoms with Crippen LogP contribution in [0.1, 0.15) is 36.0 Å². The fourth-order valence-electron chi connectivity index (χ4n) is 2.68. The highest BCUT2D eigenvalue weighted by atomic mass is 16.3. The predicted octanol–water partition coefficient (Wildman–Crippen LogP) is 2.37. The van der Waals surface area contributed by atoms with E-state index in [1.54, 1.807) is 18.3 Å². The third kappa shape index (κ3) is 3.13. The third-order valence-corrected chi connectivity index (χ3v) is 3.91. The van der Waals surface area contributed by atoms with Crippen molar-refractivity contribution in [2.45, 2.75) is 37.8 Å². The van der Waals surface area contributed by atoms with Crippen LogP contribution in [0, 0.1) is 0 Å². The Morgan fingerprint density at radius 3 is 2.67 bits per heavy atom. The SMILES string of the molecule is O=C(NC1CCCCC1O)c1ccc(-c2cnco2)cc1. The van der Waals surface area contributed by atoms with Gasteiger partial charge >= 0.3 is 0 Å². The van der Waals surface area contributed by atoms with E-state index in [0.717, 1.165) is 31.2 Å². The zero-order valence-electron chi connectivity index (χ0n) is 11.7. The Bertz CT molecular complexity index is 592. The van der Waals surface area contributed by atoms with E-state index < -0.39 is 6.10 Å². The molecule has 0 radical (unpaired) electrons. The lowest BCUT2D eigenvalue weighted by Gasteiger charge is -2.28. The van der Waals surface area contributed by atoms with E-state index in [2.05, 4.69) is 10.3 Å². The Balaban J connectivity index is 1.67. The van der Waals surface area contributed by atoms with E-state index in [-0.39, 0.29) is 11.9 Å². The molecule has 21 heavy (non-hydrogen) atoms. The molecule has 2 N–H and O–H groups in total. The number of nitrogens with one attached hydrogen (secondary N) is 1. The van der Waals surface area contributed by atoms with Gasteiger partial charge in [-0.1, -0.05) is 25.0 Å². The Morgan fingerprint density at radius 1 is 1.24 bits per heavy atom. The van der Waals surface area contributed by atoms with Crippen molar-refractivity contribution in [1.29, 1.82) is 0 Å². The minimum Gasteiger partial charge on any atom is -0.444 e. The summed E-state index contributed by atoms with van der Waals surface area (Å²) >= 11 is 0. The first-order chi connectivity index (χ1) is 10.2. The topological polar surface area (TPSA) is 75.4 Å². The van der Waals surface area contributed by atoms with Crippen LogP contribution in [-0.4, -0.2) is 28.1 Å². The number of oxazole rings is 1. The van der Waals surface area contributed by atoms with E-state index in [1.807, 2.05) is 12.1 Å². The second-order valence-corrected chi connectivity index (χ2v) is 5.37. The van der Waals surface area contributed by atoms with E-state index in [9.17, 15) is 9.90 Å². The average Bonchev–Trinajstić information content (AvgIpc) is 3.04. The molecule has 1 saturated carbocycles. The summed E-state index contributed by atoms with van der Waals surface area (Å²) in [5.41, 5.74) is 1.46. The number of hydrogen-bond acceptors (Lipinski definition) is 4. The van der Waals surface area contributed by atoms with Gasteiger partial charge in [0.25, 0.3) is 5.91 Å². The maximum atomic E-state index is 12.2. The number of hydrogen-bond donors (Lipinski definition) is 2. The van der Waals surface area contributed by atoms with Crippen molar-refractivity contribution in [2.24, 2.45) is 0 Å². The number of nitrogens with zero attached hydrogens (tertiary/aromatic N) is 1. The summed E-state index contributed by atoms with van der Waals surface area (Å²) in [6.45, 7) is 0. The van der Waals surface area contributed by atoms with E-state index in [4.69, 9.17) is 4.42 Å². The number of carbonyl (C=O) groups excluding carboxylic acids is 1. The first-order valence-electron chi connectivity index (χ1n) is 7.22. The molecule has 5 nitrogen and oxygen atoms in total. The van der Waals surface area contributed by atoms with Gasteiger partial charge in [-0.25, -0.2) is 4.98 Å². The Morgan fingerprint density at radius 2 is 2.00 bits per heavy atom. The van der Waals surface area contributed by atoms with Crippen LogP contribution >= 0.6 is 0 Å². The van der Waals surface area contributed by atoms with Crippen molar-refractivity contribution in [1.82, 2.24) is 10.3 Å². The van der Waals surface area contributed by atoms with Crippen LogP contribution in [0.25, 0.3) is 11.3 Å². The molecule has 110 valence electrons. The van der Waals surface area contributed by atoms with Gasteiger partial charge < -0.3 is 14.8 Å². The van der Waals surface area contributed by atoms with Crippen molar-refractivity contribution in [2.75, 3.05) is 0 Å². The summed E-state index contributed by atoms with van der Waals surface area (Å²) < 4.78 is 5.21. The van der Waals surface area contributed by atoms with Crippen LogP contribution in [0.2, 0.25) is 0 Å². The zero-order valence-corrected chi connectivity index (χ0v) is 11.7. The number of carbonyl (C=O) groups is 1. The van der Waals surface area contributed by atoms with Gasteiger partial charge in [0.05, 0.1) is 18.3 Å². The first kappa shape index (κ1) is 13.8. The van der Waals surface area contributed by atoms with Crippen LogP contribution in [0.4, 0.5) is 0 Å². The predicted molar refractivity (Wildman–Crippen MR) is 77.7 cm³/mol. The maximum absolute atomic E-state index is 12.2. The van der Waals surface area contributed by atoms with Gasteiger partial charge in [-0.2, -0.15) is 0 Å². The molecule has 0 spiro atoms. The number of rotatable bonds is 3. The minimum absolute atomic E-state index is 0.139. The lowest BCUT2D eigenvalue weighted by Crippen LogP contribution is -2.45. The molecule has 1 aliphatic rings. The van der Waals surface area contributed by atoms with Crippen LogP contribution in [0.15, 0.2) is 41.3 Å². The van der Waals surface area contributed by atoms with Gasteiger partial charge in [-0.05, 0) is 25.0 Å². The summed E-state index contributed by atoms with van der Waals surface area (Å²) in [6.07, 6.45) is 6.24. The van der Waals surface area contributed by atoms with Gasteiger partial charge in [0.2, 0.25) is 0 Å². The van der Waals surface area contributed by atoms with Crippen LogP contribution in [0.5, 0.6) is 0 Å². The van der Waals surface area contributed by atoms with Crippen molar-refractivity contribution in [3.8, 4) is 11.3 Å². The average molecular weight is 286 g/mol. The zero-order chi connectivity index (χ0) is 14.7. The quantitative estimate of drug-likeness (QED) is 0.908. The lowest BCUT2D eigenvalue weighted by molar-refractivity contribution is 0.0717. The normalized spacial score (nSPS) is 22.0.